The van der Waals surface area contributed by atoms with E-state index in [0.717, 1.165) is 22.5 Å². The molecule has 4 aromatic rings. The second-order valence-electron chi connectivity index (χ2n) is 7.51. The minimum absolute atomic E-state index is 0.00442. The van der Waals surface area contributed by atoms with Gasteiger partial charge in [-0.3, -0.25) is 9.10 Å². The number of sulfonamides is 1. The van der Waals surface area contributed by atoms with Crippen LogP contribution < -0.4 is 9.62 Å². The van der Waals surface area contributed by atoms with Gasteiger partial charge in [0.15, 0.2) is 5.65 Å². The quantitative estimate of drug-likeness (QED) is 0.490. The lowest BCUT2D eigenvalue weighted by Gasteiger charge is -2.19. The first kappa shape index (κ1) is 20.2. The van der Waals surface area contributed by atoms with E-state index in [1.165, 1.54) is 10.5 Å². The second kappa shape index (κ2) is 8.08. The van der Waals surface area contributed by atoms with Crippen LogP contribution in [0.3, 0.4) is 0 Å². The number of carbonyl (C=O) groups is 1. The highest BCUT2D eigenvalue weighted by Crippen LogP contribution is 2.29. The molecule has 32 heavy (non-hydrogen) atoms. The third-order valence-electron chi connectivity index (χ3n) is 5.54. The summed E-state index contributed by atoms with van der Waals surface area (Å²) in [6, 6.07) is 19.0. The molecular formula is C23H21N5O3S. The molecule has 1 aliphatic heterocycles. The maximum Gasteiger partial charge on any atom is 0.256 e. The van der Waals surface area contributed by atoms with Crippen molar-refractivity contribution in [1.82, 2.24) is 19.9 Å². The predicted molar refractivity (Wildman–Crippen MR) is 122 cm³/mol. The summed E-state index contributed by atoms with van der Waals surface area (Å²) >= 11 is 0. The van der Waals surface area contributed by atoms with Gasteiger partial charge >= 0.3 is 0 Å². The highest BCUT2D eigenvalue weighted by Gasteiger charge is 2.29. The Kier molecular flexibility index (Phi) is 5.10. The van der Waals surface area contributed by atoms with Crippen LogP contribution in [0.25, 0.3) is 16.9 Å². The van der Waals surface area contributed by atoms with E-state index in [9.17, 15) is 13.2 Å². The van der Waals surface area contributed by atoms with Gasteiger partial charge in [0.25, 0.3) is 5.91 Å². The number of rotatable bonds is 6. The van der Waals surface area contributed by atoms with Crippen molar-refractivity contribution in [1.29, 1.82) is 0 Å². The summed E-state index contributed by atoms with van der Waals surface area (Å²) in [7, 11) is -3.54. The molecule has 1 N–H and O–H groups in total. The van der Waals surface area contributed by atoms with Crippen molar-refractivity contribution in [3.63, 3.8) is 0 Å². The molecule has 0 saturated carbocycles. The molecule has 2 aromatic carbocycles. The fourth-order valence-corrected chi connectivity index (χ4v) is 5.40. The number of anilines is 1. The van der Waals surface area contributed by atoms with Crippen molar-refractivity contribution >= 4 is 27.3 Å². The van der Waals surface area contributed by atoms with Crippen molar-refractivity contribution < 1.29 is 13.2 Å². The fourth-order valence-electron chi connectivity index (χ4n) is 3.98. The summed E-state index contributed by atoms with van der Waals surface area (Å²) in [4.78, 5) is 17.1. The third kappa shape index (κ3) is 3.60. The number of amides is 1. The van der Waals surface area contributed by atoms with Crippen molar-refractivity contribution in [2.75, 3.05) is 23.1 Å². The van der Waals surface area contributed by atoms with Crippen molar-refractivity contribution in [2.24, 2.45) is 0 Å². The lowest BCUT2D eigenvalue weighted by molar-refractivity contribution is 0.0957. The molecule has 162 valence electrons. The molecule has 0 atom stereocenters. The Hall–Kier alpha value is -3.72. The molecule has 0 saturated heterocycles. The maximum atomic E-state index is 12.8. The summed E-state index contributed by atoms with van der Waals surface area (Å²) in [5, 5.41) is 7.03. The van der Waals surface area contributed by atoms with Crippen LogP contribution in [0, 0.1) is 0 Å². The van der Waals surface area contributed by atoms with Crippen LogP contribution in [0.2, 0.25) is 0 Å². The zero-order chi connectivity index (χ0) is 22.1. The number of benzene rings is 2. The highest BCUT2D eigenvalue weighted by atomic mass is 32.2. The largest absolute Gasteiger partial charge is 0.351 e. The number of hydrogen-bond donors (Lipinski definition) is 1. The Morgan fingerprint density at radius 1 is 1.03 bits per heavy atom. The van der Waals surface area contributed by atoms with Crippen LogP contribution in [-0.4, -0.2) is 47.8 Å². The van der Waals surface area contributed by atoms with Gasteiger partial charge in [0.1, 0.15) is 5.56 Å². The van der Waals surface area contributed by atoms with E-state index >= 15 is 0 Å². The van der Waals surface area contributed by atoms with E-state index in [1.54, 1.807) is 10.7 Å². The van der Waals surface area contributed by atoms with Gasteiger partial charge in [-0.25, -0.2) is 17.9 Å². The van der Waals surface area contributed by atoms with Crippen molar-refractivity contribution in [3.05, 3.63) is 84.2 Å². The van der Waals surface area contributed by atoms with E-state index < -0.39 is 15.9 Å². The summed E-state index contributed by atoms with van der Waals surface area (Å²) in [5.41, 5.74) is 4.22. The van der Waals surface area contributed by atoms with E-state index in [4.69, 9.17) is 0 Å². The van der Waals surface area contributed by atoms with Gasteiger partial charge in [0, 0.05) is 24.8 Å². The van der Waals surface area contributed by atoms with Crippen LogP contribution in [-0.2, 0) is 16.4 Å². The maximum absolute atomic E-state index is 12.8. The Morgan fingerprint density at radius 3 is 2.66 bits per heavy atom. The lowest BCUT2D eigenvalue weighted by Crippen LogP contribution is -2.37. The summed E-state index contributed by atoms with van der Waals surface area (Å²) < 4.78 is 28.7. The van der Waals surface area contributed by atoms with E-state index in [0.29, 0.717) is 24.2 Å². The molecule has 1 amide bonds. The van der Waals surface area contributed by atoms with Crippen LogP contribution in [0.4, 0.5) is 5.69 Å². The first-order chi connectivity index (χ1) is 15.5. The average molecular weight is 448 g/mol. The summed E-state index contributed by atoms with van der Waals surface area (Å²) in [5.74, 6) is -0.593. The zero-order valence-corrected chi connectivity index (χ0v) is 18.0. The average Bonchev–Trinajstić information content (AvgIpc) is 3.44. The van der Waals surface area contributed by atoms with E-state index in [-0.39, 0.29) is 12.3 Å². The topological polar surface area (TPSA) is 96.7 Å². The molecule has 0 spiro atoms. The molecule has 9 heteroatoms. The number of aromatic nitrogens is 3. The summed E-state index contributed by atoms with van der Waals surface area (Å²) in [6.45, 7) is 0.422. The van der Waals surface area contributed by atoms with Crippen LogP contribution in [0.1, 0.15) is 15.9 Å². The van der Waals surface area contributed by atoms with Gasteiger partial charge in [0.05, 0.1) is 23.3 Å². The number of nitrogens with zero attached hydrogens (tertiary/aromatic N) is 4. The molecule has 2 aromatic heterocycles. The Morgan fingerprint density at radius 2 is 1.81 bits per heavy atom. The molecule has 3 heterocycles. The van der Waals surface area contributed by atoms with Crippen molar-refractivity contribution in [2.45, 2.75) is 6.42 Å². The van der Waals surface area contributed by atoms with Crippen LogP contribution >= 0.6 is 0 Å². The number of hydrogen-bond acceptors (Lipinski definition) is 5. The molecule has 5 rings (SSSR count). The minimum Gasteiger partial charge on any atom is -0.351 e. The van der Waals surface area contributed by atoms with Gasteiger partial charge in [-0.15, -0.1) is 0 Å². The van der Waals surface area contributed by atoms with Gasteiger partial charge < -0.3 is 5.32 Å². The number of para-hydroxylation sites is 1. The minimum atomic E-state index is -3.54. The van der Waals surface area contributed by atoms with Gasteiger partial charge in [-0.1, -0.05) is 48.5 Å². The second-order valence-corrected chi connectivity index (χ2v) is 9.53. The standard InChI is InChI=1S/C23H21N5O3S/c29-23(25-13-15-32(30,31)27-14-11-18-8-4-5-9-20(18)27)19-16-26-28-21(10-12-24-22(19)28)17-6-2-1-3-7-17/h1-10,12,16H,11,13-15H2,(H,25,29). The SMILES string of the molecule is O=C(NCCS(=O)(=O)N1CCc2ccccc21)c1cnn2c(-c3ccccc3)ccnc12. The molecule has 0 unspecified atom stereocenters. The van der Waals surface area contributed by atoms with Crippen LogP contribution in [0.5, 0.6) is 0 Å². The van der Waals surface area contributed by atoms with Gasteiger partial charge in [0.2, 0.25) is 10.0 Å². The number of carbonyl (C=O) groups excluding carboxylic acids is 1. The highest BCUT2D eigenvalue weighted by molar-refractivity contribution is 7.92. The Labute approximate surface area is 185 Å². The van der Waals surface area contributed by atoms with Crippen molar-refractivity contribution in [3.8, 4) is 11.3 Å². The van der Waals surface area contributed by atoms with E-state index in [2.05, 4.69) is 15.4 Å². The first-order valence-corrected chi connectivity index (χ1v) is 11.9. The van der Waals surface area contributed by atoms with Gasteiger partial charge in [-0.05, 0) is 24.1 Å². The normalized spacial score (nSPS) is 13.3. The number of fused-ring (bicyclic) bond motifs is 2. The molecule has 0 radical (unpaired) electrons. The molecular weight excluding hydrogens is 426 g/mol. The predicted octanol–water partition coefficient (Wildman–Crippen LogP) is 2.52. The fraction of sp³-hybridized carbons (Fsp3) is 0.174. The Bertz CT molecular complexity index is 1400. The molecule has 0 aliphatic carbocycles. The number of nitrogens with one attached hydrogen (secondary N) is 1. The van der Waals surface area contributed by atoms with Crippen LogP contribution in [0.15, 0.2) is 73.1 Å². The monoisotopic (exact) mass is 447 g/mol. The summed E-state index contributed by atoms with van der Waals surface area (Å²) in [6.07, 6.45) is 3.78. The van der Waals surface area contributed by atoms with Gasteiger partial charge in [-0.2, -0.15) is 5.10 Å². The Balaban J connectivity index is 1.30. The molecule has 0 fully saturated rings. The zero-order valence-electron chi connectivity index (χ0n) is 17.2. The smallest absolute Gasteiger partial charge is 0.256 e. The van der Waals surface area contributed by atoms with E-state index in [1.807, 2.05) is 60.7 Å². The molecule has 0 bridgehead atoms. The third-order valence-corrected chi connectivity index (χ3v) is 7.31. The molecule has 8 nitrogen and oxygen atoms in total. The first-order valence-electron chi connectivity index (χ1n) is 10.3. The lowest BCUT2D eigenvalue weighted by atomic mass is 10.1. The molecule has 1 aliphatic rings.